The highest BCUT2D eigenvalue weighted by atomic mass is 16.5. The van der Waals surface area contributed by atoms with Crippen LogP contribution in [-0.4, -0.2) is 53.1 Å². The number of nitrogens with zero attached hydrogens (tertiary/aromatic N) is 1. The molecule has 7 heteroatoms. The zero-order chi connectivity index (χ0) is 18.9. The van der Waals surface area contributed by atoms with Crippen LogP contribution in [0.1, 0.15) is 26.3 Å². The van der Waals surface area contributed by atoms with E-state index in [-0.39, 0.29) is 5.60 Å². The lowest BCUT2D eigenvalue weighted by Crippen LogP contribution is -2.45. The Morgan fingerprint density at radius 1 is 1.00 bits per heavy atom. The zero-order valence-corrected chi connectivity index (χ0v) is 16.4. The Morgan fingerprint density at radius 3 is 2.04 bits per heavy atom. The molecule has 0 atom stereocenters. The van der Waals surface area contributed by atoms with Gasteiger partial charge in [-0.2, -0.15) is 0 Å². The average molecular weight is 353 g/mol. The number of hydrogen-bond acceptors (Lipinski definition) is 5. The smallest absolute Gasteiger partial charge is 0.191 e. The Balaban J connectivity index is 3.01. The lowest BCUT2D eigenvalue weighted by molar-refractivity contribution is 0.0268. The summed E-state index contributed by atoms with van der Waals surface area (Å²) < 4.78 is 21.6. The number of rotatable bonds is 9. The molecule has 0 unspecified atom stereocenters. The standard InChI is InChI=1S/C18H31N3O4/c1-8-19-17(21-12-18(2,3)25-7)20-11-14-15(23-5)9-13(22-4)10-16(14)24-6/h9-10H,8,11-12H2,1-7H3,(H2,19,20,21). The first-order chi connectivity index (χ1) is 11.9. The second kappa shape index (κ2) is 9.98. The monoisotopic (exact) mass is 353 g/mol. The Kier molecular flexibility index (Phi) is 8.34. The fourth-order valence-corrected chi connectivity index (χ4v) is 2.10. The van der Waals surface area contributed by atoms with E-state index < -0.39 is 0 Å². The summed E-state index contributed by atoms with van der Waals surface area (Å²) in [5, 5.41) is 6.51. The predicted octanol–water partition coefficient (Wildman–Crippen LogP) is 2.19. The van der Waals surface area contributed by atoms with Crippen molar-refractivity contribution in [2.24, 2.45) is 4.99 Å². The van der Waals surface area contributed by atoms with Crippen molar-refractivity contribution in [3.8, 4) is 17.2 Å². The molecular weight excluding hydrogens is 322 g/mol. The van der Waals surface area contributed by atoms with E-state index in [1.165, 1.54) is 0 Å². The van der Waals surface area contributed by atoms with Gasteiger partial charge in [0.2, 0.25) is 0 Å². The highest BCUT2D eigenvalue weighted by Crippen LogP contribution is 2.34. The molecule has 1 rings (SSSR count). The van der Waals surface area contributed by atoms with Crippen LogP contribution in [-0.2, 0) is 11.3 Å². The lowest BCUT2D eigenvalue weighted by Gasteiger charge is -2.24. The normalized spacial score (nSPS) is 11.9. The van der Waals surface area contributed by atoms with Gasteiger partial charge in [0.25, 0.3) is 0 Å². The molecule has 0 radical (unpaired) electrons. The topological polar surface area (TPSA) is 73.3 Å². The molecule has 2 N–H and O–H groups in total. The molecule has 1 aromatic carbocycles. The number of benzene rings is 1. The largest absolute Gasteiger partial charge is 0.496 e. The third kappa shape index (κ3) is 6.34. The first kappa shape index (κ1) is 20.9. The van der Waals surface area contributed by atoms with Gasteiger partial charge in [-0.05, 0) is 20.8 Å². The van der Waals surface area contributed by atoms with E-state index in [1.54, 1.807) is 28.4 Å². The van der Waals surface area contributed by atoms with Gasteiger partial charge < -0.3 is 29.6 Å². The first-order valence-corrected chi connectivity index (χ1v) is 8.27. The van der Waals surface area contributed by atoms with Crippen LogP contribution in [0.15, 0.2) is 17.1 Å². The van der Waals surface area contributed by atoms with Gasteiger partial charge in [-0.25, -0.2) is 4.99 Å². The Bertz CT molecular complexity index is 548. The van der Waals surface area contributed by atoms with Gasteiger partial charge in [-0.1, -0.05) is 0 Å². The van der Waals surface area contributed by atoms with Crippen LogP contribution in [0.5, 0.6) is 17.2 Å². The molecule has 0 amide bonds. The Labute approximate surface area is 150 Å². The van der Waals surface area contributed by atoms with Crippen LogP contribution < -0.4 is 24.8 Å². The second-order valence-electron chi connectivity index (χ2n) is 6.02. The molecular formula is C18H31N3O4. The van der Waals surface area contributed by atoms with Gasteiger partial charge in [0.15, 0.2) is 5.96 Å². The summed E-state index contributed by atoms with van der Waals surface area (Å²) in [5.74, 6) is 2.72. The molecule has 25 heavy (non-hydrogen) atoms. The minimum Gasteiger partial charge on any atom is -0.496 e. The van der Waals surface area contributed by atoms with E-state index in [0.29, 0.717) is 36.3 Å². The van der Waals surface area contributed by atoms with Crippen LogP contribution in [0.2, 0.25) is 0 Å². The molecule has 0 saturated carbocycles. The highest BCUT2D eigenvalue weighted by molar-refractivity contribution is 5.80. The predicted molar refractivity (Wildman–Crippen MR) is 100 cm³/mol. The minimum atomic E-state index is -0.286. The highest BCUT2D eigenvalue weighted by Gasteiger charge is 2.17. The SMILES string of the molecule is CCNC(=NCc1c(OC)cc(OC)cc1OC)NCC(C)(C)OC. The molecule has 142 valence electrons. The molecule has 0 fully saturated rings. The summed E-state index contributed by atoms with van der Waals surface area (Å²) in [5.41, 5.74) is 0.570. The van der Waals surface area contributed by atoms with Crippen LogP contribution in [0, 0.1) is 0 Å². The number of hydrogen-bond donors (Lipinski definition) is 2. The van der Waals surface area contributed by atoms with Gasteiger partial charge in [0.1, 0.15) is 17.2 Å². The van der Waals surface area contributed by atoms with Crippen molar-refractivity contribution in [3.63, 3.8) is 0 Å². The third-order valence-corrected chi connectivity index (χ3v) is 3.79. The maximum atomic E-state index is 5.46. The molecule has 0 bridgehead atoms. The fourth-order valence-electron chi connectivity index (χ4n) is 2.10. The summed E-state index contributed by atoms with van der Waals surface area (Å²) in [6, 6.07) is 3.64. The molecule has 1 aromatic rings. The van der Waals surface area contributed by atoms with E-state index in [2.05, 4.69) is 15.6 Å². The number of guanidine groups is 1. The van der Waals surface area contributed by atoms with E-state index in [1.807, 2.05) is 32.9 Å². The molecule has 0 aliphatic rings. The van der Waals surface area contributed by atoms with E-state index in [0.717, 1.165) is 12.1 Å². The van der Waals surface area contributed by atoms with Crippen LogP contribution in [0.4, 0.5) is 0 Å². The summed E-state index contributed by atoms with van der Waals surface area (Å²) in [7, 11) is 6.54. The van der Waals surface area contributed by atoms with Crippen LogP contribution in [0.3, 0.4) is 0 Å². The number of aliphatic imine (C=N–C) groups is 1. The van der Waals surface area contributed by atoms with Gasteiger partial charge in [0, 0.05) is 32.3 Å². The molecule has 0 aromatic heterocycles. The minimum absolute atomic E-state index is 0.286. The van der Waals surface area contributed by atoms with E-state index >= 15 is 0 Å². The van der Waals surface area contributed by atoms with Crippen molar-refractivity contribution in [2.75, 3.05) is 41.5 Å². The van der Waals surface area contributed by atoms with Crippen molar-refractivity contribution in [2.45, 2.75) is 32.9 Å². The second-order valence-corrected chi connectivity index (χ2v) is 6.02. The van der Waals surface area contributed by atoms with Crippen molar-refractivity contribution < 1.29 is 18.9 Å². The molecule has 0 heterocycles. The third-order valence-electron chi connectivity index (χ3n) is 3.79. The molecule has 0 spiro atoms. The lowest BCUT2D eigenvalue weighted by atomic mass is 10.1. The van der Waals surface area contributed by atoms with Crippen molar-refractivity contribution in [1.29, 1.82) is 0 Å². The summed E-state index contributed by atoms with van der Waals surface area (Å²) in [4.78, 5) is 4.63. The summed E-state index contributed by atoms with van der Waals surface area (Å²) >= 11 is 0. The molecule has 0 aliphatic heterocycles. The quantitative estimate of drug-likeness (QED) is 0.524. The first-order valence-electron chi connectivity index (χ1n) is 8.27. The Morgan fingerprint density at radius 2 is 1.60 bits per heavy atom. The fraction of sp³-hybridized carbons (Fsp3) is 0.611. The summed E-state index contributed by atoms with van der Waals surface area (Å²) in [6.07, 6.45) is 0. The summed E-state index contributed by atoms with van der Waals surface area (Å²) in [6.45, 7) is 7.84. The van der Waals surface area contributed by atoms with E-state index in [4.69, 9.17) is 18.9 Å². The van der Waals surface area contributed by atoms with E-state index in [9.17, 15) is 0 Å². The number of ether oxygens (including phenoxy) is 4. The number of methoxy groups -OCH3 is 4. The molecule has 0 aliphatic carbocycles. The van der Waals surface area contributed by atoms with Crippen molar-refractivity contribution >= 4 is 5.96 Å². The zero-order valence-electron chi connectivity index (χ0n) is 16.4. The molecule has 7 nitrogen and oxygen atoms in total. The maximum Gasteiger partial charge on any atom is 0.191 e. The van der Waals surface area contributed by atoms with Crippen molar-refractivity contribution in [3.05, 3.63) is 17.7 Å². The van der Waals surface area contributed by atoms with Crippen LogP contribution in [0.25, 0.3) is 0 Å². The van der Waals surface area contributed by atoms with Gasteiger partial charge in [0.05, 0.1) is 39.0 Å². The van der Waals surface area contributed by atoms with Crippen LogP contribution >= 0.6 is 0 Å². The van der Waals surface area contributed by atoms with Gasteiger partial charge in [-0.15, -0.1) is 0 Å². The average Bonchev–Trinajstić information content (AvgIpc) is 2.63. The van der Waals surface area contributed by atoms with Gasteiger partial charge >= 0.3 is 0 Å². The number of nitrogens with one attached hydrogen (secondary N) is 2. The Hall–Kier alpha value is -2.15. The molecule has 0 saturated heterocycles. The van der Waals surface area contributed by atoms with Gasteiger partial charge in [-0.3, -0.25) is 0 Å². The maximum absolute atomic E-state index is 5.46. The van der Waals surface area contributed by atoms with Crippen molar-refractivity contribution in [1.82, 2.24) is 10.6 Å².